The Morgan fingerprint density at radius 1 is 1.21 bits per heavy atom. The first-order chi connectivity index (χ1) is 11.8. The molecule has 0 fully saturated rings. The Labute approximate surface area is 145 Å². The Morgan fingerprint density at radius 2 is 2.12 bits per heavy atom. The summed E-state index contributed by atoms with van der Waals surface area (Å²) in [5, 5.41) is 2.91. The zero-order valence-corrected chi connectivity index (χ0v) is 14.4. The van der Waals surface area contributed by atoms with Gasteiger partial charge in [-0.2, -0.15) is 0 Å². The lowest BCUT2D eigenvalue weighted by molar-refractivity contribution is 0.102. The second-order valence-corrected chi connectivity index (χ2v) is 6.46. The van der Waals surface area contributed by atoms with Crippen molar-refractivity contribution in [3.63, 3.8) is 0 Å². The van der Waals surface area contributed by atoms with Gasteiger partial charge in [0.1, 0.15) is 5.75 Å². The molecule has 0 saturated heterocycles. The van der Waals surface area contributed by atoms with E-state index in [2.05, 4.69) is 17.2 Å². The molecule has 3 aromatic rings. The number of fused-ring (bicyclic) bond motifs is 1. The Hall–Kier alpha value is -2.40. The van der Waals surface area contributed by atoms with Crippen LogP contribution in [0.1, 0.15) is 36.5 Å². The number of carbonyl (C=O) groups excluding carboxylic acids is 1. The predicted molar refractivity (Wildman–Crippen MR) is 99.0 cm³/mol. The van der Waals surface area contributed by atoms with Crippen molar-refractivity contribution >= 4 is 33.1 Å². The van der Waals surface area contributed by atoms with E-state index < -0.39 is 0 Å². The monoisotopic (exact) mass is 340 g/mol. The number of thiazole rings is 1. The van der Waals surface area contributed by atoms with Gasteiger partial charge in [0.15, 0.2) is 0 Å². The van der Waals surface area contributed by atoms with E-state index in [0.29, 0.717) is 12.2 Å². The number of aromatic nitrogens is 1. The van der Waals surface area contributed by atoms with Crippen molar-refractivity contribution in [2.75, 3.05) is 11.9 Å². The molecule has 0 atom stereocenters. The molecule has 0 saturated carbocycles. The number of amides is 1. The fourth-order valence-electron chi connectivity index (χ4n) is 2.41. The van der Waals surface area contributed by atoms with Crippen LogP contribution in [0.15, 0.2) is 48.0 Å². The Balaban J connectivity index is 1.65. The third kappa shape index (κ3) is 4.11. The maximum absolute atomic E-state index is 12.4. The molecule has 24 heavy (non-hydrogen) atoms. The summed E-state index contributed by atoms with van der Waals surface area (Å²) in [4.78, 5) is 16.7. The maximum atomic E-state index is 12.4. The van der Waals surface area contributed by atoms with Crippen LogP contribution in [0.4, 0.5) is 5.69 Å². The molecule has 4 nitrogen and oxygen atoms in total. The van der Waals surface area contributed by atoms with Gasteiger partial charge < -0.3 is 10.1 Å². The van der Waals surface area contributed by atoms with E-state index in [1.807, 2.05) is 30.3 Å². The maximum Gasteiger partial charge on any atom is 0.255 e. The number of nitrogens with one attached hydrogen (secondary N) is 1. The SMILES string of the molecule is CCCCCOc1cccc(C(=O)Nc2ccc3scnc3c2)c1. The largest absolute Gasteiger partial charge is 0.494 e. The third-order valence-electron chi connectivity index (χ3n) is 3.70. The zero-order valence-electron chi connectivity index (χ0n) is 13.6. The van der Waals surface area contributed by atoms with Crippen LogP contribution in [-0.4, -0.2) is 17.5 Å². The molecule has 1 heterocycles. The summed E-state index contributed by atoms with van der Waals surface area (Å²) in [5.74, 6) is 0.581. The van der Waals surface area contributed by atoms with E-state index >= 15 is 0 Å². The lowest BCUT2D eigenvalue weighted by Gasteiger charge is -2.09. The smallest absolute Gasteiger partial charge is 0.255 e. The van der Waals surface area contributed by atoms with Crippen LogP contribution in [0.5, 0.6) is 5.75 Å². The van der Waals surface area contributed by atoms with Crippen LogP contribution in [0, 0.1) is 0 Å². The van der Waals surface area contributed by atoms with Crippen LogP contribution in [0.2, 0.25) is 0 Å². The predicted octanol–water partition coefficient (Wildman–Crippen LogP) is 5.12. The van der Waals surface area contributed by atoms with Crippen molar-refractivity contribution in [3.05, 3.63) is 53.5 Å². The van der Waals surface area contributed by atoms with E-state index in [0.717, 1.165) is 40.9 Å². The second kappa shape index (κ2) is 7.93. The number of unbranched alkanes of at least 4 members (excludes halogenated alkanes) is 2. The van der Waals surface area contributed by atoms with Crippen molar-refractivity contribution < 1.29 is 9.53 Å². The fourth-order valence-corrected chi connectivity index (χ4v) is 3.07. The number of ether oxygens (including phenoxy) is 1. The first kappa shape index (κ1) is 16.5. The summed E-state index contributed by atoms with van der Waals surface area (Å²) in [6.07, 6.45) is 3.34. The van der Waals surface area contributed by atoms with Gasteiger partial charge in [-0.05, 0) is 42.8 Å². The minimum absolute atomic E-state index is 0.149. The van der Waals surface area contributed by atoms with Gasteiger partial charge in [-0.15, -0.1) is 11.3 Å². The fraction of sp³-hybridized carbons (Fsp3) is 0.263. The molecule has 0 aliphatic heterocycles. The molecule has 0 unspecified atom stereocenters. The molecular weight excluding hydrogens is 320 g/mol. The van der Waals surface area contributed by atoms with Gasteiger partial charge in [-0.1, -0.05) is 25.8 Å². The molecule has 2 aromatic carbocycles. The van der Waals surface area contributed by atoms with E-state index in [4.69, 9.17) is 4.74 Å². The average molecular weight is 340 g/mol. The van der Waals surface area contributed by atoms with Gasteiger partial charge in [0.25, 0.3) is 5.91 Å². The Kier molecular flexibility index (Phi) is 5.43. The average Bonchev–Trinajstić information content (AvgIpc) is 3.07. The Bertz CT molecular complexity index is 829. The van der Waals surface area contributed by atoms with E-state index in [1.165, 1.54) is 0 Å². The first-order valence-corrected chi connectivity index (χ1v) is 9.01. The van der Waals surface area contributed by atoms with Gasteiger partial charge in [-0.3, -0.25) is 4.79 Å². The molecular formula is C19H20N2O2S. The normalized spacial score (nSPS) is 10.7. The van der Waals surface area contributed by atoms with Crippen LogP contribution in [-0.2, 0) is 0 Å². The van der Waals surface area contributed by atoms with Gasteiger partial charge >= 0.3 is 0 Å². The lowest BCUT2D eigenvalue weighted by Crippen LogP contribution is -2.12. The number of rotatable bonds is 7. The minimum Gasteiger partial charge on any atom is -0.494 e. The van der Waals surface area contributed by atoms with E-state index in [9.17, 15) is 4.79 Å². The molecule has 0 aliphatic rings. The van der Waals surface area contributed by atoms with Crippen LogP contribution in [0.25, 0.3) is 10.2 Å². The summed E-state index contributed by atoms with van der Waals surface area (Å²) in [7, 11) is 0. The summed E-state index contributed by atoms with van der Waals surface area (Å²) in [6, 6.07) is 13.0. The van der Waals surface area contributed by atoms with Crippen molar-refractivity contribution in [2.45, 2.75) is 26.2 Å². The number of hydrogen-bond acceptors (Lipinski definition) is 4. The zero-order chi connectivity index (χ0) is 16.8. The first-order valence-electron chi connectivity index (χ1n) is 8.14. The van der Waals surface area contributed by atoms with Gasteiger partial charge in [0.2, 0.25) is 0 Å². The standard InChI is InChI=1S/C19H20N2O2S/c1-2-3-4-10-23-16-7-5-6-14(11-16)19(22)21-15-8-9-18-17(12-15)20-13-24-18/h5-9,11-13H,2-4,10H2,1H3,(H,21,22). The van der Waals surface area contributed by atoms with Crippen molar-refractivity contribution in [1.29, 1.82) is 0 Å². The van der Waals surface area contributed by atoms with Crippen LogP contribution < -0.4 is 10.1 Å². The summed E-state index contributed by atoms with van der Waals surface area (Å²) < 4.78 is 6.81. The van der Waals surface area contributed by atoms with Gasteiger partial charge in [-0.25, -0.2) is 4.98 Å². The molecule has 124 valence electrons. The van der Waals surface area contributed by atoms with Gasteiger partial charge in [0, 0.05) is 11.3 Å². The lowest BCUT2D eigenvalue weighted by atomic mass is 10.2. The summed E-state index contributed by atoms with van der Waals surface area (Å²) in [5.41, 5.74) is 4.02. The summed E-state index contributed by atoms with van der Waals surface area (Å²) in [6.45, 7) is 2.84. The van der Waals surface area contributed by atoms with Crippen molar-refractivity contribution in [1.82, 2.24) is 4.98 Å². The molecule has 5 heteroatoms. The molecule has 0 bridgehead atoms. The number of hydrogen-bond donors (Lipinski definition) is 1. The highest BCUT2D eigenvalue weighted by molar-refractivity contribution is 7.16. The summed E-state index contributed by atoms with van der Waals surface area (Å²) >= 11 is 1.58. The van der Waals surface area contributed by atoms with Crippen LogP contribution in [0.3, 0.4) is 0 Å². The second-order valence-electron chi connectivity index (χ2n) is 5.57. The van der Waals surface area contributed by atoms with E-state index in [1.54, 1.807) is 29.0 Å². The van der Waals surface area contributed by atoms with Crippen molar-refractivity contribution in [2.24, 2.45) is 0 Å². The van der Waals surface area contributed by atoms with Gasteiger partial charge in [0.05, 0.1) is 22.3 Å². The highest BCUT2D eigenvalue weighted by Gasteiger charge is 2.08. The molecule has 1 amide bonds. The number of benzene rings is 2. The number of anilines is 1. The highest BCUT2D eigenvalue weighted by atomic mass is 32.1. The molecule has 3 rings (SSSR count). The molecule has 1 aromatic heterocycles. The molecule has 1 N–H and O–H groups in total. The highest BCUT2D eigenvalue weighted by Crippen LogP contribution is 2.22. The molecule has 0 spiro atoms. The van der Waals surface area contributed by atoms with Crippen molar-refractivity contribution in [3.8, 4) is 5.75 Å². The Morgan fingerprint density at radius 3 is 3.00 bits per heavy atom. The minimum atomic E-state index is -0.149. The topological polar surface area (TPSA) is 51.2 Å². The number of nitrogens with zero attached hydrogens (tertiary/aromatic N) is 1. The molecule has 0 radical (unpaired) electrons. The molecule has 0 aliphatic carbocycles. The van der Waals surface area contributed by atoms with Crippen LogP contribution >= 0.6 is 11.3 Å². The quantitative estimate of drug-likeness (QED) is 0.608. The third-order valence-corrected chi connectivity index (χ3v) is 4.51. The van der Waals surface area contributed by atoms with E-state index in [-0.39, 0.29) is 5.91 Å². The number of carbonyl (C=O) groups is 1.